The zero-order chi connectivity index (χ0) is 20.5. The van der Waals surface area contributed by atoms with Gasteiger partial charge in [0.15, 0.2) is 0 Å². The number of hydrogen-bond donors (Lipinski definition) is 1. The molecule has 2 atom stereocenters. The number of aliphatic carboxylic acids is 1. The van der Waals surface area contributed by atoms with Crippen LogP contribution in [0.4, 0.5) is 0 Å². The molecule has 1 heterocycles. The maximum atomic E-state index is 11.6. The Morgan fingerprint density at radius 1 is 0.893 bits per heavy atom. The third-order valence-electron chi connectivity index (χ3n) is 5.66. The molecule has 0 saturated carbocycles. The predicted molar refractivity (Wildman–Crippen MR) is 111 cm³/mol. The highest BCUT2D eigenvalue weighted by Gasteiger charge is 2.23. The van der Waals surface area contributed by atoms with Crippen LogP contribution in [0.3, 0.4) is 0 Å². The number of carboxylic acid groups (broad SMARTS) is 1. The number of carboxylic acids is 1. The van der Waals surface area contributed by atoms with Gasteiger partial charge in [0.05, 0.1) is 6.61 Å². The molecule has 1 aliphatic rings. The van der Waals surface area contributed by atoms with Crippen molar-refractivity contribution < 1.29 is 24.2 Å². The summed E-state index contributed by atoms with van der Waals surface area (Å²) in [6.07, 6.45) is 17.7. The van der Waals surface area contributed by atoms with Crippen LogP contribution < -0.4 is 0 Å². The standard InChI is InChI=1S/C23H42O5/c1-2-20(14-10-7-5-3-4-6-8-12-16-22(24)25)15-11-9-13-17-23(26)28-19-21-18-27-21/h20-21H,2-19H2,1H3,(H,24,25). The topological polar surface area (TPSA) is 76.1 Å². The van der Waals surface area contributed by atoms with Gasteiger partial charge in [0.2, 0.25) is 0 Å². The van der Waals surface area contributed by atoms with E-state index in [1.165, 1.54) is 64.2 Å². The average Bonchev–Trinajstić information content (AvgIpc) is 3.50. The van der Waals surface area contributed by atoms with Crippen molar-refractivity contribution >= 4 is 11.9 Å². The highest BCUT2D eigenvalue weighted by atomic mass is 16.6. The first-order chi connectivity index (χ1) is 13.6. The number of carbonyl (C=O) groups excluding carboxylic acids is 1. The third-order valence-corrected chi connectivity index (χ3v) is 5.66. The molecule has 1 saturated heterocycles. The molecule has 164 valence electrons. The van der Waals surface area contributed by atoms with Crippen LogP contribution in [0, 0.1) is 5.92 Å². The van der Waals surface area contributed by atoms with Gasteiger partial charge in [-0.3, -0.25) is 9.59 Å². The number of hydrogen-bond acceptors (Lipinski definition) is 4. The van der Waals surface area contributed by atoms with Crippen LogP contribution in [0.1, 0.15) is 110 Å². The smallest absolute Gasteiger partial charge is 0.305 e. The van der Waals surface area contributed by atoms with Crippen molar-refractivity contribution in [3.05, 3.63) is 0 Å². The van der Waals surface area contributed by atoms with Gasteiger partial charge in [-0.1, -0.05) is 84.0 Å². The van der Waals surface area contributed by atoms with Crippen molar-refractivity contribution in [1.29, 1.82) is 0 Å². The van der Waals surface area contributed by atoms with Crippen LogP contribution in [0.5, 0.6) is 0 Å². The van der Waals surface area contributed by atoms with Crippen molar-refractivity contribution in [3.63, 3.8) is 0 Å². The summed E-state index contributed by atoms with van der Waals surface area (Å²) in [7, 11) is 0. The lowest BCUT2D eigenvalue weighted by atomic mass is 9.92. The molecule has 0 radical (unpaired) electrons. The zero-order valence-electron chi connectivity index (χ0n) is 18.0. The van der Waals surface area contributed by atoms with E-state index in [1.807, 2.05) is 0 Å². The Morgan fingerprint density at radius 2 is 1.39 bits per heavy atom. The van der Waals surface area contributed by atoms with Crippen molar-refractivity contribution in [3.8, 4) is 0 Å². The molecule has 1 aliphatic heterocycles. The Labute approximate surface area is 171 Å². The molecule has 0 aromatic rings. The summed E-state index contributed by atoms with van der Waals surface area (Å²) in [6, 6.07) is 0. The molecule has 0 aromatic heterocycles. The minimum Gasteiger partial charge on any atom is -0.481 e. The molecule has 1 rings (SSSR count). The fourth-order valence-electron chi connectivity index (χ4n) is 3.62. The molecule has 1 N–H and O–H groups in total. The molecule has 0 amide bonds. The van der Waals surface area contributed by atoms with Crippen molar-refractivity contribution in [2.24, 2.45) is 5.92 Å². The van der Waals surface area contributed by atoms with Crippen molar-refractivity contribution in [2.45, 2.75) is 116 Å². The van der Waals surface area contributed by atoms with Gasteiger partial charge in [0.25, 0.3) is 0 Å². The van der Waals surface area contributed by atoms with Crippen LogP contribution in [0.15, 0.2) is 0 Å². The van der Waals surface area contributed by atoms with Gasteiger partial charge >= 0.3 is 11.9 Å². The minimum absolute atomic E-state index is 0.0792. The molecule has 0 aromatic carbocycles. The lowest BCUT2D eigenvalue weighted by Gasteiger charge is -2.14. The summed E-state index contributed by atoms with van der Waals surface area (Å²) in [4.78, 5) is 22.0. The van der Waals surface area contributed by atoms with E-state index >= 15 is 0 Å². The van der Waals surface area contributed by atoms with Gasteiger partial charge in [-0.25, -0.2) is 0 Å². The monoisotopic (exact) mass is 398 g/mol. The number of unbranched alkanes of at least 4 members (excludes halogenated alkanes) is 9. The molecule has 0 aliphatic carbocycles. The Kier molecular flexibility index (Phi) is 15.0. The summed E-state index contributed by atoms with van der Waals surface area (Å²) in [5.41, 5.74) is 0. The van der Waals surface area contributed by atoms with E-state index < -0.39 is 5.97 Å². The highest BCUT2D eigenvalue weighted by molar-refractivity contribution is 5.69. The Hall–Kier alpha value is -1.10. The lowest BCUT2D eigenvalue weighted by molar-refractivity contribution is -0.144. The van der Waals surface area contributed by atoms with Crippen LogP contribution >= 0.6 is 0 Å². The van der Waals surface area contributed by atoms with Crippen LogP contribution in [-0.4, -0.2) is 36.4 Å². The summed E-state index contributed by atoms with van der Waals surface area (Å²) in [5, 5.41) is 8.60. The summed E-state index contributed by atoms with van der Waals surface area (Å²) >= 11 is 0. The maximum Gasteiger partial charge on any atom is 0.305 e. The molecule has 28 heavy (non-hydrogen) atoms. The molecular weight excluding hydrogens is 356 g/mol. The second-order valence-corrected chi connectivity index (χ2v) is 8.27. The van der Waals surface area contributed by atoms with Gasteiger partial charge < -0.3 is 14.6 Å². The normalized spacial score (nSPS) is 16.7. The van der Waals surface area contributed by atoms with E-state index in [2.05, 4.69) is 6.92 Å². The Morgan fingerprint density at radius 3 is 1.93 bits per heavy atom. The predicted octanol–water partition coefficient (Wildman–Crippen LogP) is 5.89. The second-order valence-electron chi connectivity index (χ2n) is 8.27. The fourth-order valence-corrected chi connectivity index (χ4v) is 3.62. The van der Waals surface area contributed by atoms with Gasteiger partial charge in [0, 0.05) is 12.8 Å². The van der Waals surface area contributed by atoms with Gasteiger partial charge in [-0.15, -0.1) is 0 Å². The molecule has 1 fully saturated rings. The number of epoxide rings is 1. The van der Waals surface area contributed by atoms with E-state index in [1.54, 1.807) is 0 Å². The van der Waals surface area contributed by atoms with E-state index in [9.17, 15) is 9.59 Å². The van der Waals surface area contributed by atoms with Gasteiger partial charge in [0.1, 0.15) is 12.7 Å². The lowest BCUT2D eigenvalue weighted by Crippen LogP contribution is -2.09. The number of rotatable bonds is 20. The maximum absolute atomic E-state index is 11.6. The Bertz CT molecular complexity index is 406. The first kappa shape index (κ1) is 24.9. The summed E-state index contributed by atoms with van der Waals surface area (Å²) < 4.78 is 10.2. The largest absolute Gasteiger partial charge is 0.481 e. The second kappa shape index (κ2) is 16.8. The molecule has 0 bridgehead atoms. The molecule has 5 nitrogen and oxygen atoms in total. The zero-order valence-corrected chi connectivity index (χ0v) is 18.0. The quantitative estimate of drug-likeness (QED) is 0.157. The number of esters is 1. The fraction of sp³-hybridized carbons (Fsp3) is 0.913. The van der Waals surface area contributed by atoms with Crippen molar-refractivity contribution in [2.75, 3.05) is 13.2 Å². The summed E-state index contributed by atoms with van der Waals surface area (Å²) in [6.45, 7) is 3.46. The minimum atomic E-state index is -0.674. The van der Waals surface area contributed by atoms with E-state index in [4.69, 9.17) is 14.6 Å². The van der Waals surface area contributed by atoms with Gasteiger partial charge in [-0.2, -0.15) is 0 Å². The van der Waals surface area contributed by atoms with Crippen molar-refractivity contribution in [1.82, 2.24) is 0 Å². The average molecular weight is 399 g/mol. The summed E-state index contributed by atoms with van der Waals surface area (Å²) in [5.74, 6) is 0.0757. The first-order valence-electron chi connectivity index (χ1n) is 11.6. The van der Waals surface area contributed by atoms with E-state index in [0.717, 1.165) is 38.2 Å². The highest BCUT2D eigenvalue weighted by Crippen LogP contribution is 2.21. The number of ether oxygens (including phenoxy) is 2. The third kappa shape index (κ3) is 15.9. The number of carbonyl (C=O) groups is 2. The SMILES string of the molecule is CCC(CCCCCCCCCCC(=O)O)CCCCCC(=O)OCC1CO1. The molecule has 2 unspecified atom stereocenters. The van der Waals surface area contributed by atoms with Gasteiger partial charge in [-0.05, 0) is 18.8 Å². The van der Waals surface area contributed by atoms with Crippen LogP contribution in [-0.2, 0) is 19.1 Å². The Balaban J connectivity index is 1.83. The molecule has 0 spiro atoms. The molecule has 5 heteroatoms. The molecular formula is C23H42O5. The first-order valence-corrected chi connectivity index (χ1v) is 11.6. The van der Waals surface area contributed by atoms with E-state index in [-0.39, 0.29) is 12.1 Å². The van der Waals surface area contributed by atoms with E-state index in [0.29, 0.717) is 19.4 Å². The van der Waals surface area contributed by atoms with Crippen LogP contribution in [0.25, 0.3) is 0 Å². The van der Waals surface area contributed by atoms with Crippen LogP contribution in [0.2, 0.25) is 0 Å².